The second-order valence-corrected chi connectivity index (χ2v) is 3.19. The van der Waals surface area contributed by atoms with Gasteiger partial charge >= 0.3 is 5.97 Å². The smallest absolute Gasteiger partial charge is 0.306 e. The van der Waals surface area contributed by atoms with Gasteiger partial charge in [-0.3, -0.25) is 4.79 Å². The molecule has 0 aromatic heterocycles. The van der Waals surface area contributed by atoms with Crippen LogP contribution in [0.1, 0.15) is 38.5 Å². The molecule has 2 nitrogen and oxygen atoms in total. The molecule has 1 unspecified atom stereocenters. The van der Waals surface area contributed by atoms with E-state index in [9.17, 15) is 4.79 Å². The number of rotatable bonds is 1. The lowest BCUT2D eigenvalue weighted by atomic mass is 9.91. The van der Waals surface area contributed by atoms with E-state index in [2.05, 4.69) is 6.42 Å². The van der Waals surface area contributed by atoms with Crippen molar-refractivity contribution in [1.29, 1.82) is 0 Å². The number of carbonyl (C=O) groups is 1. The van der Waals surface area contributed by atoms with Crippen LogP contribution in [0, 0.1) is 12.3 Å². The SMILES string of the molecule is O=C(O)C1CC[CH]CCCC1. The maximum absolute atomic E-state index is 10.6. The predicted molar refractivity (Wildman–Crippen MR) is 43.1 cm³/mol. The summed E-state index contributed by atoms with van der Waals surface area (Å²) in [4.78, 5) is 10.6. The Hall–Kier alpha value is -0.530. The van der Waals surface area contributed by atoms with Crippen molar-refractivity contribution in [1.82, 2.24) is 0 Å². The minimum absolute atomic E-state index is 0.0773. The van der Waals surface area contributed by atoms with Crippen molar-refractivity contribution >= 4 is 5.97 Å². The summed E-state index contributed by atoms with van der Waals surface area (Å²) in [5.74, 6) is -0.688. The molecule has 0 saturated heterocycles. The minimum Gasteiger partial charge on any atom is -0.481 e. The third-order valence-corrected chi connectivity index (χ3v) is 2.28. The standard InChI is InChI=1S/C9H15O2/c10-9(11)8-6-4-2-1-3-5-7-8/h2,8H,1,3-7H2,(H,10,11). The summed E-state index contributed by atoms with van der Waals surface area (Å²) in [6.07, 6.45) is 8.34. The third-order valence-electron chi connectivity index (χ3n) is 2.28. The van der Waals surface area contributed by atoms with Crippen LogP contribution in [0.3, 0.4) is 0 Å². The highest BCUT2D eigenvalue weighted by molar-refractivity contribution is 5.69. The molecule has 1 rings (SSSR count). The molecule has 0 spiro atoms. The maximum Gasteiger partial charge on any atom is 0.306 e. The van der Waals surface area contributed by atoms with Crippen LogP contribution in [-0.2, 0) is 4.79 Å². The first-order chi connectivity index (χ1) is 5.30. The summed E-state index contributed by atoms with van der Waals surface area (Å²) in [5, 5.41) is 8.74. The van der Waals surface area contributed by atoms with Crippen molar-refractivity contribution in [2.24, 2.45) is 5.92 Å². The van der Waals surface area contributed by atoms with Crippen LogP contribution < -0.4 is 0 Å². The predicted octanol–water partition coefficient (Wildman–Crippen LogP) is 2.25. The summed E-state index contributed by atoms with van der Waals surface area (Å²) in [7, 11) is 0. The third kappa shape index (κ3) is 2.91. The Bertz CT molecular complexity index is 124. The molecule has 1 radical (unpaired) electrons. The molecule has 11 heavy (non-hydrogen) atoms. The normalized spacial score (nSPS) is 22.2. The van der Waals surface area contributed by atoms with Crippen LogP contribution in [0.2, 0.25) is 0 Å². The van der Waals surface area contributed by atoms with Gasteiger partial charge in [0.2, 0.25) is 0 Å². The van der Waals surface area contributed by atoms with Gasteiger partial charge in [-0.1, -0.05) is 19.3 Å². The Balaban J connectivity index is 2.32. The van der Waals surface area contributed by atoms with E-state index in [0.717, 1.165) is 25.7 Å². The lowest BCUT2D eigenvalue weighted by Crippen LogP contribution is -2.14. The van der Waals surface area contributed by atoms with Crippen molar-refractivity contribution in [3.8, 4) is 0 Å². The molecule has 0 bridgehead atoms. The minimum atomic E-state index is -0.611. The van der Waals surface area contributed by atoms with Gasteiger partial charge in [0.25, 0.3) is 0 Å². The quantitative estimate of drug-likeness (QED) is 0.630. The molecule has 1 N–H and O–H groups in total. The molecule has 0 aromatic carbocycles. The molecule has 63 valence electrons. The van der Waals surface area contributed by atoms with Gasteiger partial charge in [0.15, 0.2) is 0 Å². The van der Waals surface area contributed by atoms with Crippen molar-refractivity contribution in [2.45, 2.75) is 38.5 Å². The van der Waals surface area contributed by atoms with Gasteiger partial charge in [0, 0.05) is 0 Å². The monoisotopic (exact) mass is 155 g/mol. The average molecular weight is 155 g/mol. The summed E-state index contributed by atoms with van der Waals surface area (Å²) < 4.78 is 0. The molecule has 0 aromatic rings. The second kappa shape index (κ2) is 4.37. The van der Waals surface area contributed by atoms with Gasteiger partial charge < -0.3 is 5.11 Å². The van der Waals surface area contributed by atoms with E-state index in [0.29, 0.717) is 0 Å². The van der Waals surface area contributed by atoms with Gasteiger partial charge in [0.05, 0.1) is 5.92 Å². The molecular formula is C9H15O2. The molecule has 0 heterocycles. The molecule has 1 saturated carbocycles. The number of hydrogen-bond acceptors (Lipinski definition) is 1. The molecule has 1 atom stereocenters. The molecule has 0 amide bonds. The zero-order valence-electron chi connectivity index (χ0n) is 6.75. The van der Waals surface area contributed by atoms with Crippen LogP contribution in [0.4, 0.5) is 0 Å². The van der Waals surface area contributed by atoms with Crippen molar-refractivity contribution in [3.05, 3.63) is 6.42 Å². The fourth-order valence-corrected chi connectivity index (χ4v) is 1.53. The fraction of sp³-hybridized carbons (Fsp3) is 0.778. The largest absolute Gasteiger partial charge is 0.481 e. The number of hydrogen-bond donors (Lipinski definition) is 1. The molecule has 2 heteroatoms. The average Bonchev–Trinajstić information content (AvgIpc) is 1.84. The first kappa shape index (κ1) is 8.57. The van der Waals surface area contributed by atoms with Crippen molar-refractivity contribution in [3.63, 3.8) is 0 Å². The van der Waals surface area contributed by atoms with Crippen LogP contribution in [0.5, 0.6) is 0 Å². The van der Waals surface area contributed by atoms with Gasteiger partial charge in [-0.05, 0) is 25.7 Å². The zero-order chi connectivity index (χ0) is 8.10. The van der Waals surface area contributed by atoms with Gasteiger partial charge in [0.1, 0.15) is 0 Å². The highest BCUT2D eigenvalue weighted by Gasteiger charge is 2.17. The van der Waals surface area contributed by atoms with Gasteiger partial charge in [-0.25, -0.2) is 0 Å². The highest BCUT2D eigenvalue weighted by atomic mass is 16.4. The Labute approximate surface area is 67.6 Å². The first-order valence-corrected chi connectivity index (χ1v) is 4.35. The van der Waals surface area contributed by atoms with E-state index in [4.69, 9.17) is 5.11 Å². The van der Waals surface area contributed by atoms with Crippen LogP contribution in [0.25, 0.3) is 0 Å². The number of carboxylic acid groups (broad SMARTS) is 1. The van der Waals surface area contributed by atoms with Crippen LogP contribution >= 0.6 is 0 Å². The van der Waals surface area contributed by atoms with E-state index in [1.54, 1.807) is 0 Å². The topological polar surface area (TPSA) is 37.3 Å². The summed E-state index contributed by atoms with van der Waals surface area (Å²) in [5.41, 5.74) is 0. The Morgan fingerprint density at radius 1 is 1.27 bits per heavy atom. The van der Waals surface area contributed by atoms with Crippen LogP contribution in [0.15, 0.2) is 0 Å². The Kier molecular flexibility index (Phi) is 3.40. The van der Waals surface area contributed by atoms with E-state index >= 15 is 0 Å². The van der Waals surface area contributed by atoms with E-state index in [1.165, 1.54) is 12.8 Å². The summed E-state index contributed by atoms with van der Waals surface area (Å²) >= 11 is 0. The fourth-order valence-electron chi connectivity index (χ4n) is 1.53. The second-order valence-electron chi connectivity index (χ2n) is 3.19. The molecule has 0 aliphatic heterocycles. The maximum atomic E-state index is 10.6. The van der Waals surface area contributed by atoms with E-state index in [-0.39, 0.29) is 5.92 Å². The van der Waals surface area contributed by atoms with Crippen molar-refractivity contribution in [2.75, 3.05) is 0 Å². The van der Waals surface area contributed by atoms with E-state index in [1.807, 2.05) is 0 Å². The first-order valence-electron chi connectivity index (χ1n) is 4.35. The lowest BCUT2D eigenvalue weighted by Gasteiger charge is -2.14. The lowest BCUT2D eigenvalue weighted by molar-refractivity contribution is -0.142. The highest BCUT2D eigenvalue weighted by Crippen LogP contribution is 2.21. The summed E-state index contributed by atoms with van der Waals surface area (Å²) in [6, 6.07) is 0. The number of carboxylic acids is 1. The van der Waals surface area contributed by atoms with Gasteiger partial charge in [-0.2, -0.15) is 0 Å². The van der Waals surface area contributed by atoms with Crippen molar-refractivity contribution < 1.29 is 9.90 Å². The van der Waals surface area contributed by atoms with Gasteiger partial charge in [-0.15, -0.1) is 0 Å². The molecule has 1 aliphatic carbocycles. The van der Waals surface area contributed by atoms with E-state index < -0.39 is 5.97 Å². The zero-order valence-corrected chi connectivity index (χ0v) is 6.75. The molecule has 1 fully saturated rings. The molecule has 1 aliphatic rings. The van der Waals surface area contributed by atoms with Crippen LogP contribution in [-0.4, -0.2) is 11.1 Å². The Morgan fingerprint density at radius 3 is 2.82 bits per heavy atom. The summed E-state index contributed by atoms with van der Waals surface area (Å²) in [6.45, 7) is 0. The number of aliphatic carboxylic acids is 1. The Morgan fingerprint density at radius 2 is 2.09 bits per heavy atom. The molecular weight excluding hydrogens is 140 g/mol.